The standard InChI is InChI=1S/C11H20IN3O2/c1-11(2,3)17-10(16)15(4)8-7-14-6-5-9(12)13/h5-6,13-14H,7-8H2,1-4H3/b6-5-,13-9?. The lowest BCUT2D eigenvalue weighted by atomic mass is 10.2. The molecule has 0 fully saturated rings. The van der Waals surface area contributed by atoms with E-state index in [-0.39, 0.29) is 6.09 Å². The summed E-state index contributed by atoms with van der Waals surface area (Å²) in [6.45, 7) is 6.69. The van der Waals surface area contributed by atoms with Crippen LogP contribution in [-0.4, -0.2) is 40.4 Å². The van der Waals surface area contributed by atoms with Gasteiger partial charge in [-0.05, 0) is 55.6 Å². The fourth-order valence-corrected chi connectivity index (χ4v) is 1.06. The van der Waals surface area contributed by atoms with Crippen LogP contribution < -0.4 is 5.32 Å². The van der Waals surface area contributed by atoms with Crippen LogP contribution in [0.2, 0.25) is 0 Å². The number of hydrogen-bond acceptors (Lipinski definition) is 4. The molecule has 0 unspecified atom stereocenters. The summed E-state index contributed by atoms with van der Waals surface area (Å²) in [5, 5.41) is 10.1. The second-order valence-electron chi connectivity index (χ2n) is 4.54. The van der Waals surface area contributed by atoms with Gasteiger partial charge in [-0.3, -0.25) is 5.41 Å². The number of likely N-dealkylation sites (N-methyl/N-ethyl adjacent to an activating group) is 1. The van der Waals surface area contributed by atoms with Gasteiger partial charge in [0.25, 0.3) is 0 Å². The maximum absolute atomic E-state index is 11.6. The molecule has 1 amide bonds. The Morgan fingerprint density at radius 3 is 2.59 bits per heavy atom. The maximum Gasteiger partial charge on any atom is 0.410 e. The molecule has 0 bridgehead atoms. The first-order chi connectivity index (χ1) is 7.72. The smallest absolute Gasteiger partial charge is 0.410 e. The lowest BCUT2D eigenvalue weighted by molar-refractivity contribution is 0.0302. The third kappa shape index (κ3) is 10.1. The molecule has 0 heterocycles. The Hall–Kier alpha value is -0.790. The highest BCUT2D eigenvalue weighted by Gasteiger charge is 2.18. The molecule has 0 aliphatic heterocycles. The summed E-state index contributed by atoms with van der Waals surface area (Å²) < 4.78 is 5.65. The highest BCUT2D eigenvalue weighted by atomic mass is 127. The van der Waals surface area contributed by atoms with E-state index in [1.807, 2.05) is 43.4 Å². The second-order valence-corrected chi connectivity index (χ2v) is 5.70. The van der Waals surface area contributed by atoms with Crippen LogP contribution in [0.3, 0.4) is 0 Å². The molecule has 0 radical (unpaired) electrons. The van der Waals surface area contributed by atoms with Gasteiger partial charge < -0.3 is 15.0 Å². The van der Waals surface area contributed by atoms with Crippen LogP contribution in [0, 0.1) is 5.41 Å². The van der Waals surface area contributed by atoms with Gasteiger partial charge in [0.2, 0.25) is 0 Å². The minimum atomic E-state index is -0.463. The summed E-state index contributed by atoms with van der Waals surface area (Å²) in [6, 6.07) is 0. The van der Waals surface area contributed by atoms with Crippen molar-refractivity contribution in [2.45, 2.75) is 26.4 Å². The van der Waals surface area contributed by atoms with Crippen LogP contribution in [0.5, 0.6) is 0 Å². The topological polar surface area (TPSA) is 65.4 Å². The van der Waals surface area contributed by atoms with Crippen molar-refractivity contribution in [3.8, 4) is 0 Å². The van der Waals surface area contributed by atoms with Crippen molar-refractivity contribution in [1.29, 1.82) is 5.41 Å². The molecule has 0 aliphatic carbocycles. The minimum Gasteiger partial charge on any atom is -0.444 e. The molecule has 0 aliphatic rings. The summed E-state index contributed by atoms with van der Waals surface area (Å²) in [5.74, 6) is 0. The van der Waals surface area contributed by atoms with E-state index in [1.54, 1.807) is 19.3 Å². The molecule has 0 aromatic heterocycles. The lowest BCUT2D eigenvalue weighted by Gasteiger charge is -2.24. The third-order valence-corrected chi connectivity index (χ3v) is 2.00. The largest absolute Gasteiger partial charge is 0.444 e. The van der Waals surface area contributed by atoms with Gasteiger partial charge in [0.05, 0.1) is 3.72 Å². The van der Waals surface area contributed by atoms with Gasteiger partial charge in [0.15, 0.2) is 0 Å². The van der Waals surface area contributed by atoms with Crippen LogP contribution in [0.1, 0.15) is 20.8 Å². The summed E-state index contributed by atoms with van der Waals surface area (Å²) in [7, 11) is 1.69. The molecular formula is C11H20IN3O2. The van der Waals surface area contributed by atoms with E-state index in [0.717, 1.165) is 0 Å². The number of allylic oxidation sites excluding steroid dienone is 1. The van der Waals surface area contributed by atoms with Crippen LogP contribution in [0.4, 0.5) is 4.79 Å². The average molecular weight is 353 g/mol. The van der Waals surface area contributed by atoms with Crippen LogP contribution >= 0.6 is 22.6 Å². The summed E-state index contributed by atoms with van der Waals surface area (Å²) >= 11 is 1.90. The molecular weight excluding hydrogens is 333 g/mol. The van der Waals surface area contributed by atoms with Crippen molar-refractivity contribution < 1.29 is 9.53 Å². The number of halogens is 1. The van der Waals surface area contributed by atoms with E-state index in [9.17, 15) is 4.79 Å². The molecule has 0 saturated heterocycles. The van der Waals surface area contributed by atoms with Gasteiger partial charge in [0, 0.05) is 20.1 Å². The van der Waals surface area contributed by atoms with Crippen molar-refractivity contribution in [2.75, 3.05) is 20.1 Å². The first-order valence-corrected chi connectivity index (χ1v) is 6.38. The van der Waals surface area contributed by atoms with Gasteiger partial charge in [-0.25, -0.2) is 4.79 Å². The number of nitrogens with one attached hydrogen (secondary N) is 2. The highest BCUT2D eigenvalue weighted by Crippen LogP contribution is 2.08. The quantitative estimate of drug-likeness (QED) is 0.453. The number of hydrogen-bond donors (Lipinski definition) is 2. The number of carbonyl (C=O) groups is 1. The number of carbonyl (C=O) groups excluding carboxylic acids is 1. The van der Waals surface area contributed by atoms with Crippen molar-refractivity contribution >= 4 is 32.4 Å². The van der Waals surface area contributed by atoms with Crippen LogP contribution in [0.15, 0.2) is 12.3 Å². The number of ether oxygens (including phenoxy) is 1. The normalized spacial score (nSPS) is 11.4. The number of rotatable bonds is 5. The summed E-state index contributed by atoms with van der Waals surface area (Å²) in [5.41, 5.74) is -0.463. The summed E-state index contributed by atoms with van der Waals surface area (Å²) in [6.07, 6.45) is 3.01. The van der Waals surface area contributed by atoms with Crippen molar-refractivity contribution in [2.24, 2.45) is 0 Å². The molecule has 5 nitrogen and oxygen atoms in total. The molecule has 2 N–H and O–H groups in total. The SMILES string of the molecule is CN(CCN/C=C\C(=N)I)C(=O)OC(C)(C)C. The molecule has 6 heteroatoms. The minimum absolute atomic E-state index is 0.329. The van der Waals surface area contributed by atoms with Crippen molar-refractivity contribution in [3.63, 3.8) is 0 Å². The molecule has 0 saturated carbocycles. The number of nitrogens with zero attached hydrogens (tertiary/aromatic N) is 1. The molecule has 0 spiro atoms. The zero-order valence-electron chi connectivity index (χ0n) is 10.7. The predicted molar refractivity (Wildman–Crippen MR) is 77.8 cm³/mol. The number of amides is 1. The van der Waals surface area contributed by atoms with Gasteiger partial charge >= 0.3 is 6.09 Å². The molecule has 0 rings (SSSR count). The zero-order chi connectivity index (χ0) is 13.5. The Morgan fingerprint density at radius 2 is 2.12 bits per heavy atom. The Morgan fingerprint density at radius 1 is 1.53 bits per heavy atom. The average Bonchev–Trinajstić information content (AvgIpc) is 2.13. The van der Waals surface area contributed by atoms with Crippen molar-refractivity contribution in [1.82, 2.24) is 10.2 Å². The van der Waals surface area contributed by atoms with Crippen molar-refractivity contribution in [3.05, 3.63) is 12.3 Å². The van der Waals surface area contributed by atoms with Gasteiger partial charge in [0.1, 0.15) is 5.60 Å². The van der Waals surface area contributed by atoms with Crippen LogP contribution in [0.25, 0.3) is 0 Å². The Kier molecular flexibility index (Phi) is 7.17. The van der Waals surface area contributed by atoms with Crippen LogP contribution in [-0.2, 0) is 4.74 Å². The van der Waals surface area contributed by atoms with Gasteiger partial charge in [-0.15, -0.1) is 0 Å². The van der Waals surface area contributed by atoms with E-state index >= 15 is 0 Å². The Balaban J connectivity index is 3.83. The molecule has 98 valence electrons. The summed E-state index contributed by atoms with van der Waals surface area (Å²) in [4.78, 5) is 13.1. The fraction of sp³-hybridized carbons (Fsp3) is 0.636. The molecule has 0 atom stereocenters. The van der Waals surface area contributed by atoms with E-state index < -0.39 is 5.60 Å². The molecule has 0 aromatic carbocycles. The second kappa shape index (κ2) is 7.52. The van der Waals surface area contributed by atoms with E-state index in [0.29, 0.717) is 16.8 Å². The fourth-order valence-electron chi connectivity index (χ4n) is 0.879. The van der Waals surface area contributed by atoms with E-state index in [2.05, 4.69) is 5.32 Å². The van der Waals surface area contributed by atoms with Gasteiger partial charge in [-0.2, -0.15) is 0 Å². The third-order valence-electron chi connectivity index (χ3n) is 1.64. The maximum atomic E-state index is 11.6. The predicted octanol–water partition coefficient (Wildman–Crippen LogP) is 2.37. The zero-order valence-corrected chi connectivity index (χ0v) is 12.9. The van der Waals surface area contributed by atoms with Gasteiger partial charge in [-0.1, -0.05) is 0 Å². The monoisotopic (exact) mass is 353 g/mol. The first-order valence-electron chi connectivity index (χ1n) is 5.30. The molecule has 0 aromatic rings. The lowest BCUT2D eigenvalue weighted by Crippen LogP contribution is -2.37. The first kappa shape index (κ1) is 16.2. The molecule has 17 heavy (non-hydrogen) atoms. The highest BCUT2D eigenvalue weighted by molar-refractivity contribution is 14.1. The Labute approximate surface area is 116 Å². The van der Waals surface area contributed by atoms with E-state index in [4.69, 9.17) is 10.1 Å². The van der Waals surface area contributed by atoms with E-state index in [1.165, 1.54) is 4.90 Å². The Bertz CT molecular complexity index is 298.